The van der Waals surface area contributed by atoms with E-state index in [-0.39, 0.29) is 5.88 Å². The number of nitrogen functional groups attached to an aromatic ring is 1. The molecule has 0 unspecified atom stereocenters. The minimum Gasteiger partial charge on any atom is -0.435 e. The average molecular weight is 358 g/mol. The van der Waals surface area contributed by atoms with E-state index in [0.717, 1.165) is 22.2 Å². The van der Waals surface area contributed by atoms with Crippen LogP contribution in [0.5, 0.6) is 11.6 Å². The van der Waals surface area contributed by atoms with E-state index in [9.17, 15) is 0 Å². The van der Waals surface area contributed by atoms with Crippen LogP contribution < -0.4 is 15.8 Å². The van der Waals surface area contributed by atoms with E-state index < -0.39 is 0 Å². The molecular formula is C20H18N6O. The number of aryl methyl sites for hydroxylation is 2. The van der Waals surface area contributed by atoms with Crippen LogP contribution in [0.3, 0.4) is 0 Å². The molecule has 3 heterocycles. The topological polar surface area (TPSA) is 98.8 Å². The van der Waals surface area contributed by atoms with Crippen LogP contribution in [0.1, 0.15) is 11.3 Å². The lowest BCUT2D eigenvalue weighted by Crippen LogP contribution is -2.04. The molecule has 7 heteroatoms. The molecule has 4 rings (SSSR count). The summed E-state index contributed by atoms with van der Waals surface area (Å²) < 4.78 is 5.98. The van der Waals surface area contributed by atoms with Crippen molar-refractivity contribution in [2.24, 2.45) is 0 Å². The molecule has 0 amide bonds. The Morgan fingerprint density at radius 1 is 1.00 bits per heavy atom. The van der Waals surface area contributed by atoms with Gasteiger partial charge < -0.3 is 15.8 Å². The van der Waals surface area contributed by atoms with E-state index in [0.29, 0.717) is 23.1 Å². The Labute approximate surface area is 156 Å². The summed E-state index contributed by atoms with van der Waals surface area (Å²) in [5.74, 6) is 1.92. The number of pyridine rings is 2. The van der Waals surface area contributed by atoms with Crippen LogP contribution in [0.15, 0.2) is 55.0 Å². The van der Waals surface area contributed by atoms with E-state index in [2.05, 4.69) is 25.3 Å². The van der Waals surface area contributed by atoms with Gasteiger partial charge >= 0.3 is 0 Å². The van der Waals surface area contributed by atoms with Crippen molar-refractivity contribution in [1.82, 2.24) is 19.9 Å². The first-order valence-electron chi connectivity index (χ1n) is 8.44. The standard InChI is InChI=1S/C20H18N6O/c1-12-8-9-22-16(10-12)26-19-17(21)20(24-11-23-19)27-15-5-3-4-14-7-6-13(2)25-18(14)15/h3-11H,21H2,1-2H3,(H,22,23,24,26). The molecule has 0 aliphatic rings. The third-order valence-corrected chi connectivity index (χ3v) is 4.04. The van der Waals surface area contributed by atoms with Crippen molar-refractivity contribution in [2.45, 2.75) is 13.8 Å². The Kier molecular flexibility index (Phi) is 4.25. The fraction of sp³-hybridized carbons (Fsp3) is 0.100. The average Bonchev–Trinajstić information content (AvgIpc) is 2.65. The second kappa shape index (κ2) is 6.87. The third kappa shape index (κ3) is 3.48. The normalized spacial score (nSPS) is 10.7. The van der Waals surface area contributed by atoms with Crippen molar-refractivity contribution >= 4 is 28.2 Å². The van der Waals surface area contributed by atoms with Crippen LogP contribution >= 0.6 is 0 Å². The number of anilines is 3. The molecule has 0 radical (unpaired) electrons. The van der Waals surface area contributed by atoms with Crippen LogP contribution in [-0.2, 0) is 0 Å². The molecule has 0 fully saturated rings. The van der Waals surface area contributed by atoms with Crippen molar-refractivity contribution in [3.8, 4) is 11.6 Å². The number of hydrogen-bond acceptors (Lipinski definition) is 7. The lowest BCUT2D eigenvalue weighted by molar-refractivity contribution is 0.469. The summed E-state index contributed by atoms with van der Waals surface area (Å²) in [6.45, 7) is 3.92. The molecule has 3 N–H and O–H groups in total. The van der Waals surface area contributed by atoms with Crippen LogP contribution in [0.4, 0.5) is 17.3 Å². The van der Waals surface area contributed by atoms with Crippen molar-refractivity contribution in [3.63, 3.8) is 0 Å². The number of fused-ring (bicyclic) bond motifs is 1. The predicted octanol–water partition coefficient (Wildman–Crippen LogP) is 4.15. The number of nitrogens with zero attached hydrogens (tertiary/aromatic N) is 4. The Hall–Kier alpha value is -3.74. The Morgan fingerprint density at radius 2 is 1.89 bits per heavy atom. The zero-order chi connectivity index (χ0) is 18.8. The first-order chi connectivity index (χ1) is 13.1. The lowest BCUT2D eigenvalue weighted by Gasteiger charge is -2.12. The highest BCUT2D eigenvalue weighted by molar-refractivity contribution is 5.85. The van der Waals surface area contributed by atoms with E-state index in [1.54, 1.807) is 6.20 Å². The first-order valence-corrected chi connectivity index (χ1v) is 8.44. The molecule has 1 aromatic carbocycles. The maximum atomic E-state index is 6.23. The van der Waals surface area contributed by atoms with Crippen molar-refractivity contribution in [3.05, 3.63) is 66.2 Å². The minimum atomic E-state index is 0.260. The van der Waals surface area contributed by atoms with Gasteiger partial charge in [-0.1, -0.05) is 18.2 Å². The lowest BCUT2D eigenvalue weighted by atomic mass is 10.2. The number of nitrogens with one attached hydrogen (secondary N) is 1. The molecule has 27 heavy (non-hydrogen) atoms. The predicted molar refractivity (Wildman–Crippen MR) is 105 cm³/mol. The summed E-state index contributed by atoms with van der Waals surface area (Å²) in [7, 11) is 0. The van der Waals surface area contributed by atoms with Gasteiger partial charge in [-0.05, 0) is 43.7 Å². The summed E-state index contributed by atoms with van der Waals surface area (Å²) in [5, 5.41) is 4.08. The second-order valence-corrected chi connectivity index (χ2v) is 6.17. The molecule has 4 aromatic rings. The van der Waals surface area contributed by atoms with E-state index >= 15 is 0 Å². The molecule has 0 saturated heterocycles. The molecule has 7 nitrogen and oxygen atoms in total. The van der Waals surface area contributed by atoms with Gasteiger partial charge in [-0.3, -0.25) is 0 Å². The van der Waals surface area contributed by atoms with Crippen molar-refractivity contribution < 1.29 is 4.74 Å². The fourth-order valence-corrected chi connectivity index (χ4v) is 2.69. The van der Waals surface area contributed by atoms with Crippen LogP contribution in [0, 0.1) is 13.8 Å². The van der Waals surface area contributed by atoms with Crippen molar-refractivity contribution in [2.75, 3.05) is 11.1 Å². The highest BCUT2D eigenvalue weighted by Gasteiger charge is 2.13. The highest BCUT2D eigenvalue weighted by atomic mass is 16.5. The van der Waals surface area contributed by atoms with E-state index in [1.807, 2.05) is 56.3 Å². The zero-order valence-corrected chi connectivity index (χ0v) is 15.0. The van der Waals surface area contributed by atoms with E-state index in [4.69, 9.17) is 10.5 Å². The number of hydrogen-bond donors (Lipinski definition) is 2. The van der Waals surface area contributed by atoms with Gasteiger partial charge in [0, 0.05) is 17.3 Å². The van der Waals surface area contributed by atoms with Gasteiger partial charge in [0.2, 0.25) is 5.88 Å². The maximum Gasteiger partial charge on any atom is 0.248 e. The minimum absolute atomic E-state index is 0.260. The molecule has 0 spiro atoms. The van der Waals surface area contributed by atoms with Crippen LogP contribution in [0.25, 0.3) is 10.9 Å². The third-order valence-electron chi connectivity index (χ3n) is 4.04. The molecule has 0 saturated carbocycles. The molecular weight excluding hydrogens is 340 g/mol. The number of rotatable bonds is 4. The maximum absolute atomic E-state index is 6.23. The molecule has 0 aliphatic heterocycles. The smallest absolute Gasteiger partial charge is 0.248 e. The number of ether oxygens (including phenoxy) is 1. The monoisotopic (exact) mass is 358 g/mol. The summed E-state index contributed by atoms with van der Waals surface area (Å²) in [6.07, 6.45) is 3.12. The number of benzene rings is 1. The first kappa shape index (κ1) is 16.7. The van der Waals surface area contributed by atoms with Gasteiger partial charge in [-0.2, -0.15) is 4.98 Å². The van der Waals surface area contributed by atoms with Gasteiger partial charge in [0.25, 0.3) is 0 Å². The van der Waals surface area contributed by atoms with Gasteiger partial charge in [0.05, 0.1) is 0 Å². The number of para-hydroxylation sites is 1. The van der Waals surface area contributed by atoms with Crippen LogP contribution in [0.2, 0.25) is 0 Å². The summed E-state index contributed by atoms with van der Waals surface area (Å²) >= 11 is 0. The van der Waals surface area contributed by atoms with Gasteiger partial charge in [0.15, 0.2) is 11.6 Å². The van der Waals surface area contributed by atoms with Gasteiger partial charge in [0.1, 0.15) is 23.3 Å². The zero-order valence-electron chi connectivity index (χ0n) is 15.0. The fourth-order valence-electron chi connectivity index (χ4n) is 2.69. The molecule has 0 bridgehead atoms. The summed E-state index contributed by atoms with van der Waals surface area (Å²) in [5.41, 5.74) is 9.26. The second-order valence-electron chi connectivity index (χ2n) is 6.17. The number of nitrogens with two attached hydrogens (primary N) is 1. The summed E-state index contributed by atoms with van der Waals surface area (Å²) in [6, 6.07) is 13.5. The Bertz CT molecular complexity index is 1130. The largest absolute Gasteiger partial charge is 0.435 e. The van der Waals surface area contributed by atoms with Gasteiger partial charge in [-0.15, -0.1) is 0 Å². The Morgan fingerprint density at radius 3 is 2.74 bits per heavy atom. The van der Waals surface area contributed by atoms with Gasteiger partial charge in [-0.25, -0.2) is 15.0 Å². The molecule has 134 valence electrons. The van der Waals surface area contributed by atoms with Crippen LogP contribution in [-0.4, -0.2) is 19.9 Å². The Balaban J connectivity index is 1.69. The molecule has 0 atom stereocenters. The van der Waals surface area contributed by atoms with Crippen molar-refractivity contribution in [1.29, 1.82) is 0 Å². The highest BCUT2D eigenvalue weighted by Crippen LogP contribution is 2.33. The SMILES string of the molecule is Cc1ccnc(Nc2ncnc(Oc3cccc4ccc(C)nc34)c2N)c1. The molecule has 0 aliphatic carbocycles. The summed E-state index contributed by atoms with van der Waals surface area (Å²) in [4.78, 5) is 17.2. The molecule has 3 aromatic heterocycles. The number of aromatic nitrogens is 4. The van der Waals surface area contributed by atoms with E-state index in [1.165, 1.54) is 6.33 Å². The quantitative estimate of drug-likeness (QED) is 0.565.